The zero-order chi connectivity index (χ0) is 41.2. The predicted octanol–water partition coefficient (Wildman–Crippen LogP) is -3.66. The number of rotatable bonds is 23. The quantitative estimate of drug-likeness (QED) is 0.0481. The highest BCUT2D eigenvalue weighted by Gasteiger charge is 2.33. The maximum Gasteiger partial charge on any atom is 0.326 e. The van der Waals surface area contributed by atoms with Gasteiger partial charge in [0, 0.05) is 0 Å². The van der Waals surface area contributed by atoms with E-state index in [0.717, 1.165) is 0 Å². The summed E-state index contributed by atoms with van der Waals surface area (Å²) in [5.41, 5.74) is 5.81. The third-order valence-electron chi connectivity index (χ3n) is 8.02. The van der Waals surface area contributed by atoms with Crippen molar-refractivity contribution in [2.45, 2.75) is 118 Å². The van der Waals surface area contributed by atoms with Gasteiger partial charge in [0.2, 0.25) is 47.3 Å². The smallest absolute Gasteiger partial charge is 0.326 e. The Morgan fingerprint density at radius 2 is 1.06 bits per heavy atom. The molecule has 8 atom stereocenters. The Bertz CT molecular complexity index is 1310. The van der Waals surface area contributed by atoms with Gasteiger partial charge in [-0.3, -0.25) is 38.4 Å². The molecule has 20 heteroatoms. The van der Waals surface area contributed by atoms with Gasteiger partial charge in [-0.15, -0.1) is 0 Å². The van der Waals surface area contributed by atoms with E-state index in [1.165, 1.54) is 20.8 Å². The van der Waals surface area contributed by atoms with Gasteiger partial charge >= 0.3 is 5.97 Å². The molecular weight excluding hydrogens is 698 g/mol. The summed E-state index contributed by atoms with van der Waals surface area (Å²) >= 11 is 0. The van der Waals surface area contributed by atoms with Gasteiger partial charge in [-0.2, -0.15) is 0 Å². The Hall–Kier alpha value is -4.85. The number of amides is 8. The maximum absolute atomic E-state index is 13.2. The van der Waals surface area contributed by atoms with Crippen molar-refractivity contribution in [1.29, 1.82) is 0 Å². The van der Waals surface area contributed by atoms with E-state index in [2.05, 4.69) is 42.5 Å². The number of carboxylic acid groups (broad SMARTS) is 1. The highest BCUT2D eigenvalue weighted by Crippen LogP contribution is 2.07. The standard InChI is InChI=1S/C33H59N9O11/c1-10-17(6)25(34)30(49)37-12-22(44)35-13-23(45)38-18(7)28(47)36-14-24(46)41-26(16(4)5)31(50)42-27(20(9)43)32(51)39-19(8)29(48)40-21(33(52)53)11-15(2)3/h15-21,25-27,43H,10-14,34H2,1-9H3,(H,35,44)(H,36,47)(H,37,49)(H,38,45)(H,39,51)(H,40,48)(H,41,46)(H,42,50)(H,52,53)/t17-,18-,19-,20+,21-,25-,26-,27-/m0/s1. The number of nitrogens with two attached hydrogens (primary N) is 1. The van der Waals surface area contributed by atoms with E-state index in [1.807, 2.05) is 6.92 Å². The van der Waals surface area contributed by atoms with Crippen LogP contribution in [0.3, 0.4) is 0 Å². The van der Waals surface area contributed by atoms with Crippen molar-refractivity contribution in [2.24, 2.45) is 23.5 Å². The van der Waals surface area contributed by atoms with Crippen molar-refractivity contribution in [1.82, 2.24) is 42.5 Å². The lowest BCUT2D eigenvalue weighted by Crippen LogP contribution is -2.61. The zero-order valence-corrected chi connectivity index (χ0v) is 32.0. The molecule has 0 aromatic rings. The summed E-state index contributed by atoms with van der Waals surface area (Å²) in [6, 6.07) is -7.16. The maximum atomic E-state index is 13.2. The van der Waals surface area contributed by atoms with Crippen LogP contribution in [0.15, 0.2) is 0 Å². The number of hydrogen-bond acceptors (Lipinski definition) is 11. The van der Waals surface area contributed by atoms with E-state index in [9.17, 15) is 53.4 Å². The lowest BCUT2D eigenvalue weighted by Gasteiger charge is -2.27. The number of hydrogen-bond donors (Lipinski definition) is 11. The first kappa shape index (κ1) is 48.1. The van der Waals surface area contributed by atoms with Gasteiger partial charge in [-0.05, 0) is 44.9 Å². The minimum Gasteiger partial charge on any atom is -0.480 e. The first-order chi connectivity index (χ1) is 24.5. The Morgan fingerprint density at radius 3 is 1.57 bits per heavy atom. The molecule has 0 bridgehead atoms. The number of carbonyl (C=O) groups is 9. The molecule has 0 fully saturated rings. The largest absolute Gasteiger partial charge is 0.480 e. The van der Waals surface area contributed by atoms with Gasteiger partial charge < -0.3 is 58.5 Å². The first-order valence-electron chi connectivity index (χ1n) is 17.5. The van der Waals surface area contributed by atoms with Gasteiger partial charge in [-0.1, -0.05) is 48.0 Å². The number of carboxylic acids is 1. The second-order valence-corrected chi connectivity index (χ2v) is 13.7. The molecule has 0 rings (SSSR count). The third kappa shape index (κ3) is 18.5. The van der Waals surface area contributed by atoms with Gasteiger partial charge in [0.1, 0.15) is 30.2 Å². The van der Waals surface area contributed by atoms with E-state index in [0.29, 0.717) is 6.42 Å². The van der Waals surface area contributed by atoms with Crippen LogP contribution in [0.5, 0.6) is 0 Å². The molecule has 0 aliphatic heterocycles. The number of aliphatic hydroxyl groups is 1. The fraction of sp³-hybridized carbons (Fsp3) is 0.727. The van der Waals surface area contributed by atoms with Crippen LogP contribution in [-0.2, 0) is 43.2 Å². The van der Waals surface area contributed by atoms with Crippen molar-refractivity contribution >= 4 is 53.2 Å². The van der Waals surface area contributed by atoms with E-state index in [4.69, 9.17) is 5.73 Å². The third-order valence-corrected chi connectivity index (χ3v) is 8.02. The molecule has 0 radical (unpaired) electrons. The van der Waals surface area contributed by atoms with Gasteiger partial charge in [0.05, 0.1) is 31.8 Å². The summed E-state index contributed by atoms with van der Waals surface area (Å²) in [6.07, 6.45) is -0.630. The average Bonchev–Trinajstić information content (AvgIpc) is 3.07. The number of nitrogens with one attached hydrogen (secondary N) is 8. The molecule has 0 aromatic carbocycles. The fourth-order valence-electron chi connectivity index (χ4n) is 4.48. The molecule has 0 aliphatic carbocycles. The molecule has 0 spiro atoms. The average molecular weight is 758 g/mol. The lowest BCUT2D eigenvalue weighted by atomic mass is 9.99. The molecule has 53 heavy (non-hydrogen) atoms. The molecule has 0 saturated heterocycles. The van der Waals surface area contributed by atoms with Gasteiger partial charge in [-0.25, -0.2) is 4.79 Å². The molecule has 0 aliphatic rings. The minimum atomic E-state index is -1.57. The van der Waals surface area contributed by atoms with Crippen molar-refractivity contribution in [2.75, 3.05) is 19.6 Å². The van der Waals surface area contributed by atoms with Crippen LogP contribution in [0.4, 0.5) is 0 Å². The number of aliphatic hydroxyl groups excluding tert-OH is 1. The summed E-state index contributed by atoms with van der Waals surface area (Å²) in [5, 5.41) is 38.4. The molecule has 0 aromatic heterocycles. The SMILES string of the molecule is CC[C@H](C)[C@H](N)C(=O)NCC(=O)NCC(=O)N[C@@H](C)C(=O)NCC(=O)N[C@H](C(=O)N[C@H](C(=O)N[C@@H](C)C(=O)N[C@@H](CC(C)C)C(=O)O)[C@@H](C)O)C(C)C. The molecular formula is C33H59N9O11. The fourth-order valence-corrected chi connectivity index (χ4v) is 4.48. The second kappa shape index (κ2) is 23.7. The van der Waals surface area contributed by atoms with Crippen molar-refractivity contribution < 1.29 is 53.4 Å². The Labute approximate surface area is 309 Å². The van der Waals surface area contributed by atoms with Crippen LogP contribution in [0.2, 0.25) is 0 Å². The van der Waals surface area contributed by atoms with Crippen molar-refractivity contribution in [3.63, 3.8) is 0 Å². The summed E-state index contributed by atoms with van der Waals surface area (Å²) in [4.78, 5) is 112. The van der Waals surface area contributed by atoms with E-state index >= 15 is 0 Å². The molecule has 20 nitrogen and oxygen atoms in total. The van der Waals surface area contributed by atoms with Crippen molar-refractivity contribution in [3.8, 4) is 0 Å². The van der Waals surface area contributed by atoms with E-state index < -0.39 is 121 Å². The first-order valence-corrected chi connectivity index (χ1v) is 17.5. The molecule has 0 unspecified atom stereocenters. The van der Waals surface area contributed by atoms with Crippen molar-refractivity contribution in [3.05, 3.63) is 0 Å². The molecule has 302 valence electrons. The van der Waals surface area contributed by atoms with Crippen LogP contribution >= 0.6 is 0 Å². The topological polar surface area (TPSA) is 316 Å². The van der Waals surface area contributed by atoms with Gasteiger partial charge in [0.25, 0.3) is 0 Å². The zero-order valence-electron chi connectivity index (χ0n) is 32.0. The van der Waals surface area contributed by atoms with Crippen LogP contribution in [0.1, 0.15) is 75.2 Å². The summed E-state index contributed by atoms with van der Waals surface area (Å²) in [5.74, 6) is -7.98. The predicted molar refractivity (Wildman–Crippen MR) is 191 cm³/mol. The Morgan fingerprint density at radius 1 is 0.566 bits per heavy atom. The van der Waals surface area contributed by atoms with Crippen LogP contribution in [0.25, 0.3) is 0 Å². The number of carbonyl (C=O) groups excluding carboxylic acids is 8. The number of aliphatic carboxylic acids is 1. The highest BCUT2D eigenvalue weighted by atomic mass is 16.4. The summed E-state index contributed by atoms with van der Waals surface area (Å²) < 4.78 is 0. The molecule has 12 N–H and O–H groups in total. The summed E-state index contributed by atoms with van der Waals surface area (Å²) in [7, 11) is 0. The lowest BCUT2D eigenvalue weighted by molar-refractivity contribution is -0.142. The normalized spacial score (nSPS) is 15.6. The monoisotopic (exact) mass is 757 g/mol. The highest BCUT2D eigenvalue weighted by molar-refractivity contribution is 5.96. The molecule has 0 saturated carbocycles. The molecule has 8 amide bonds. The van der Waals surface area contributed by atoms with Crippen LogP contribution < -0.4 is 48.3 Å². The summed E-state index contributed by atoms with van der Waals surface area (Å²) in [6.45, 7) is 12.7. The van der Waals surface area contributed by atoms with Crippen LogP contribution in [0, 0.1) is 17.8 Å². The minimum absolute atomic E-state index is 0.0420. The second-order valence-electron chi connectivity index (χ2n) is 13.7. The van der Waals surface area contributed by atoms with Gasteiger partial charge in [0.15, 0.2) is 0 Å². The molecule has 0 heterocycles. The Balaban J connectivity index is 5.05. The van der Waals surface area contributed by atoms with Crippen LogP contribution in [-0.4, -0.2) is 125 Å². The Kier molecular flexibility index (Phi) is 21.5. The van der Waals surface area contributed by atoms with E-state index in [-0.39, 0.29) is 18.3 Å². The van der Waals surface area contributed by atoms with E-state index in [1.54, 1.807) is 34.6 Å².